The van der Waals surface area contributed by atoms with Crippen LogP contribution < -0.4 is 10.6 Å². The van der Waals surface area contributed by atoms with Gasteiger partial charge >= 0.3 is 0 Å². The van der Waals surface area contributed by atoms with Crippen molar-refractivity contribution < 1.29 is 9.72 Å². The molecule has 1 aromatic heterocycles. The molecule has 0 saturated heterocycles. The Balaban J connectivity index is 2.31. The second kappa shape index (κ2) is 6.19. The number of anilines is 2. The minimum Gasteiger partial charge on any atom is -0.372 e. The summed E-state index contributed by atoms with van der Waals surface area (Å²) in [6.07, 6.45) is 1.54. The summed E-state index contributed by atoms with van der Waals surface area (Å²) in [5.41, 5.74) is 0.319. The van der Waals surface area contributed by atoms with Crippen LogP contribution in [0, 0.1) is 10.1 Å². The number of non-ortho nitro benzene ring substituents is 1. The van der Waals surface area contributed by atoms with Gasteiger partial charge in [0.05, 0.1) is 21.2 Å². The molecule has 1 aromatic carbocycles. The predicted molar refractivity (Wildman–Crippen MR) is 79.8 cm³/mol. The van der Waals surface area contributed by atoms with Gasteiger partial charge in [0.1, 0.15) is 5.82 Å². The maximum absolute atomic E-state index is 12.2. The summed E-state index contributed by atoms with van der Waals surface area (Å²) in [6, 6.07) is 7.03. The van der Waals surface area contributed by atoms with E-state index in [1.807, 2.05) is 0 Å². The Labute approximate surface area is 125 Å². The van der Waals surface area contributed by atoms with E-state index in [9.17, 15) is 14.9 Å². The zero-order valence-electron chi connectivity index (χ0n) is 11.0. The third-order valence-corrected chi connectivity index (χ3v) is 3.03. The first-order valence-electron chi connectivity index (χ1n) is 5.91. The number of nitro benzene ring substituents is 1. The highest BCUT2D eigenvalue weighted by Gasteiger charge is 2.15. The van der Waals surface area contributed by atoms with Crippen molar-refractivity contribution in [3.63, 3.8) is 0 Å². The van der Waals surface area contributed by atoms with Crippen LogP contribution in [0.25, 0.3) is 0 Å². The molecule has 0 aliphatic rings. The van der Waals surface area contributed by atoms with E-state index in [1.165, 1.54) is 18.2 Å². The summed E-state index contributed by atoms with van der Waals surface area (Å²) in [5, 5.41) is 16.3. The van der Waals surface area contributed by atoms with Gasteiger partial charge in [0.25, 0.3) is 11.6 Å². The van der Waals surface area contributed by atoms with Crippen molar-refractivity contribution in [1.29, 1.82) is 0 Å². The Kier molecular flexibility index (Phi) is 4.34. The largest absolute Gasteiger partial charge is 0.372 e. The topological polar surface area (TPSA) is 97.2 Å². The highest BCUT2D eigenvalue weighted by molar-refractivity contribution is 6.34. The third kappa shape index (κ3) is 3.26. The van der Waals surface area contributed by atoms with Crippen LogP contribution in [0.3, 0.4) is 0 Å². The SMILES string of the molecule is CNc1ncccc1C(=O)Nc1cc([N+](=O)[O-])ccc1Cl. The van der Waals surface area contributed by atoms with Crippen molar-refractivity contribution in [2.24, 2.45) is 0 Å². The van der Waals surface area contributed by atoms with Crippen molar-refractivity contribution >= 4 is 34.7 Å². The normalized spacial score (nSPS) is 10.0. The fraction of sp³-hybridized carbons (Fsp3) is 0.0769. The van der Waals surface area contributed by atoms with Gasteiger partial charge in [0.15, 0.2) is 0 Å². The Morgan fingerprint density at radius 2 is 2.14 bits per heavy atom. The van der Waals surface area contributed by atoms with Crippen molar-refractivity contribution in [2.45, 2.75) is 0 Å². The molecule has 21 heavy (non-hydrogen) atoms. The number of carbonyl (C=O) groups excluding carboxylic acids is 1. The second-order valence-corrected chi connectivity index (χ2v) is 4.43. The number of nitrogens with zero attached hydrogens (tertiary/aromatic N) is 2. The zero-order chi connectivity index (χ0) is 15.4. The highest BCUT2D eigenvalue weighted by atomic mass is 35.5. The number of rotatable bonds is 4. The fourth-order valence-corrected chi connectivity index (χ4v) is 1.86. The van der Waals surface area contributed by atoms with E-state index in [-0.39, 0.29) is 16.4 Å². The number of carbonyl (C=O) groups is 1. The van der Waals surface area contributed by atoms with Crippen LogP contribution in [-0.4, -0.2) is 22.9 Å². The van der Waals surface area contributed by atoms with E-state index in [1.54, 1.807) is 25.4 Å². The van der Waals surface area contributed by atoms with Crippen molar-refractivity contribution in [2.75, 3.05) is 17.7 Å². The first-order valence-corrected chi connectivity index (χ1v) is 6.29. The molecule has 0 spiro atoms. The van der Waals surface area contributed by atoms with Crippen LogP contribution in [0.5, 0.6) is 0 Å². The third-order valence-electron chi connectivity index (χ3n) is 2.70. The number of aromatic nitrogens is 1. The first-order chi connectivity index (χ1) is 10.0. The summed E-state index contributed by atoms with van der Waals surface area (Å²) in [4.78, 5) is 26.4. The minimum absolute atomic E-state index is 0.158. The molecular formula is C13H11ClN4O3. The quantitative estimate of drug-likeness (QED) is 0.668. The van der Waals surface area contributed by atoms with Gasteiger partial charge in [0.2, 0.25) is 0 Å². The molecule has 2 aromatic rings. The molecule has 108 valence electrons. The van der Waals surface area contributed by atoms with E-state index < -0.39 is 10.8 Å². The van der Waals surface area contributed by atoms with Crippen LogP contribution in [0.4, 0.5) is 17.2 Å². The molecule has 2 N–H and O–H groups in total. The molecule has 1 heterocycles. The molecule has 0 radical (unpaired) electrons. The van der Waals surface area contributed by atoms with Crippen LogP contribution >= 0.6 is 11.6 Å². The summed E-state index contributed by atoms with van der Waals surface area (Å²) < 4.78 is 0. The van der Waals surface area contributed by atoms with Gasteiger partial charge in [0, 0.05) is 25.4 Å². The number of amides is 1. The zero-order valence-corrected chi connectivity index (χ0v) is 11.7. The van der Waals surface area contributed by atoms with Gasteiger partial charge in [-0.2, -0.15) is 0 Å². The van der Waals surface area contributed by atoms with Crippen LogP contribution in [0.2, 0.25) is 5.02 Å². The number of halogens is 1. The average molecular weight is 307 g/mol. The molecule has 0 unspecified atom stereocenters. The molecule has 7 nitrogen and oxygen atoms in total. The summed E-state index contributed by atoms with van der Waals surface area (Å²) in [7, 11) is 1.64. The molecule has 0 aliphatic heterocycles. The van der Waals surface area contributed by atoms with Crippen LogP contribution in [0.15, 0.2) is 36.5 Å². The van der Waals surface area contributed by atoms with Gasteiger partial charge in [-0.05, 0) is 18.2 Å². The number of hydrogen-bond donors (Lipinski definition) is 2. The molecular weight excluding hydrogens is 296 g/mol. The van der Waals surface area contributed by atoms with Gasteiger partial charge in [-0.15, -0.1) is 0 Å². The Hall–Kier alpha value is -2.67. The van der Waals surface area contributed by atoms with Crippen molar-refractivity contribution in [3.05, 3.63) is 57.2 Å². The lowest BCUT2D eigenvalue weighted by atomic mass is 10.2. The van der Waals surface area contributed by atoms with Gasteiger partial charge in [-0.1, -0.05) is 11.6 Å². The number of benzene rings is 1. The fourth-order valence-electron chi connectivity index (χ4n) is 1.70. The Bertz CT molecular complexity index is 706. The number of nitrogens with one attached hydrogen (secondary N) is 2. The van der Waals surface area contributed by atoms with Crippen molar-refractivity contribution in [3.8, 4) is 0 Å². The molecule has 0 atom stereocenters. The van der Waals surface area contributed by atoms with E-state index in [0.29, 0.717) is 11.4 Å². The number of pyridine rings is 1. The van der Waals surface area contributed by atoms with Gasteiger partial charge < -0.3 is 10.6 Å². The molecule has 1 amide bonds. The smallest absolute Gasteiger partial charge is 0.271 e. The highest BCUT2D eigenvalue weighted by Crippen LogP contribution is 2.27. The van der Waals surface area contributed by atoms with E-state index in [0.717, 1.165) is 0 Å². The maximum Gasteiger partial charge on any atom is 0.271 e. The van der Waals surface area contributed by atoms with E-state index >= 15 is 0 Å². The standard InChI is InChI=1S/C13H11ClN4O3/c1-15-12-9(3-2-6-16-12)13(19)17-11-7-8(18(20)21)4-5-10(11)14/h2-7H,1H3,(H,15,16)(H,17,19). The molecule has 0 bridgehead atoms. The minimum atomic E-state index is -0.560. The predicted octanol–water partition coefficient (Wildman–Crippen LogP) is 2.94. The lowest BCUT2D eigenvalue weighted by Crippen LogP contribution is -2.15. The van der Waals surface area contributed by atoms with E-state index in [2.05, 4.69) is 15.6 Å². The molecule has 0 saturated carbocycles. The lowest BCUT2D eigenvalue weighted by molar-refractivity contribution is -0.384. The lowest BCUT2D eigenvalue weighted by Gasteiger charge is -2.09. The Morgan fingerprint density at radius 1 is 1.38 bits per heavy atom. The van der Waals surface area contributed by atoms with Crippen molar-refractivity contribution in [1.82, 2.24) is 4.98 Å². The molecule has 8 heteroatoms. The summed E-state index contributed by atoms with van der Waals surface area (Å²) in [6.45, 7) is 0. The van der Waals surface area contributed by atoms with Crippen LogP contribution in [0.1, 0.15) is 10.4 Å². The molecule has 0 fully saturated rings. The van der Waals surface area contributed by atoms with Gasteiger partial charge in [-0.3, -0.25) is 14.9 Å². The maximum atomic E-state index is 12.2. The van der Waals surface area contributed by atoms with Gasteiger partial charge in [-0.25, -0.2) is 4.98 Å². The number of nitro groups is 1. The summed E-state index contributed by atoms with van der Waals surface area (Å²) in [5.74, 6) is -0.0635. The first kappa shape index (κ1) is 14.7. The Morgan fingerprint density at radius 3 is 2.81 bits per heavy atom. The number of hydrogen-bond acceptors (Lipinski definition) is 5. The molecule has 0 aliphatic carbocycles. The van der Waals surface area contributed by atoms with Crippen LogP contribution in [-0.2, 0) is 0 Å². The monoisotopic (exact) mass is 306 g/mol. The molecule has 2 rings (SSSR count). The average Bonchev–Trinajstić information content (AvgIpc) is 2.49. The summed E-state index contributed by atoms with van der Waals surface area (Å²) >= 11 is 5.94. The second-order valence-electron chi connectivity index (χ2n) is 4.02. The van der Waals surface area contributed by atoms with E-state index in [4.69, 9.17) is 11.6 Å².